The van der Waals surface area contributed by atoms with Crippen LogP contribution in [0.2, 0.25) is 0 Å². The minimum absolute atomic E-state index is 1.08. The minimum atomic E-state index is 1.08. The number of pyridine rings is 1. The highest BCUT2D eigenvalue weighted by atomic mass is 32.1. The van der Waals surface area contributed by atoms with Gasteiger partial charge in [0.15, 0.2) is 0 Å². The quantitative estimate of drug-likeness (QED) is 0.617. The summed E-state index contributed by atoms with van der Waals surface area (Å²) < 4.78 is 2.28. The molecule has 0 atom stereocenters. The molecule has 0 aromatic carbocycles. The Morgan fingerprint density at radius 3 is 2.88 bits per heavy atom. The average molecular weight is 227 g/mol. The predicted octanol–water partition coefficient (Wildman–Crippen LogP) is 4.23. The molecule has 0 saturated heterocycles. The smallest absolute Gasteiger partial charge is 0.0660 e. The lowest BCUT2D eigenvalue weighted by Gasteiger charge is -2.02. The summed E-state index contributed by atoms with van der Waals surface area (Å²) in [5.41, 5.74) is 4.06. The van der Waals surface area contributed by atoms with E-state index in [4.69, 9.17) is 0 Å². The van der Waals surface area contributed by atoms with E-state index in [1.165, 1.54) is 21.7 Å². The van der Waals surface area contributed by atoms with Crippen LogP contribution in [-0.2, 0) is 6.42 Å². The lowest BCUT2D eigenvalue weighted by Crippen LogP contribution is -1.87. The second-order valence-corrected chi connectivity index (χ2v) is 4.79. The number of fused-ring (bicyclic) bond motifs is 1. The molecule has 3 heterocycles. The van der Waals surface area contributed by atoms with Crippen molar-refractivity contribution in [1.29, 1.82) is 0 Å². The summed E-state index contributed by atoms with van der Waals surface area (Å²) in [6.07, 6.45) is 3.22. The van der Waals surface area contributed by atoms with E-state index in [2.05, 4.69) is 59.3 Å². The molecule has 0 aliphatic carbocycles. The zero-order valence-electron chi connectivity index (χ0n) is 9.18. The number of nitrogens with zero attached hydrogens (tertiary/aromatic N) is 1. The highest BCUT2D eigenvalue weighted by Gasteiger charge is 2.10. The lowest BCUT2D eigenvalue weighted by atomic mass is 10.1. The van der Waals surface area contributed by atoms with Gasteiger partial charge >= 0.3 is 0 Å². The maximum absolute atomic E-state index is 2.29. The molecule has 3 aromatic rings. The molecule has 3 rings (SSSR count). The monoisotopic (exact) mass is 227 g/mol. The van der Waals surface area contributed by atoms with Crippen LogP contribution in [0.15, 0.2) is 48.0 Å². The minimum Gasteiger partial charge on any atom is -0.315 e. The molecule has 0 saturated carbocycles. The van der Waals surface area contributed by atoms with Gasteiger partial charge in [-0.1, -0.05) is 19.1 Å². The second-order valence-electron chi connectivity index (χ2n) is 3.84. The van der Waals surface area contributed by atoms with E-state index in [0.717, 1.165) is 6.42 Å². The summed E-state index contributed by atoms with van der Waals surface area (Å²) in [6, 6.07) is 12.9. The first-order valence-electron chi connectivity index (χ1n) is 5.53. The maximum atomic E-state index is 2.29. The summed E-state index contributed by atoms with van der Waals surface area (Å²) in [6.45, 7) is 2.21. The fourth-order valence-corrected chi connectivity index (χ4v) is 2.94. The molecule has 16 heavy (non-hydrogen) atoms. The first kappa shape index (κ1) is 9.67. The maximum Gasteiger partial charge on any atom is 0.0660 e. The van der Waals surface area contributed by atoms with E-state index >= 15 is 0 Å². The summed E-state index contributed by atoms with van der Waals surface area (Å²) in [7, 11) is 0. The molecule has 1 nitrogen and oxygen atoms in total. The molecule has 0 N–H and O–H groups in total. The van der Waals surface area contributed by atoms with Crippen molar-refractivity contribution < 1.29 is 0 Å². The van der Waals surface area contributed by atoms with Crippen LogP contribution in [-0.4, -0.2) is 4.40 Å². The third-order valence-electron chi connectivity index (χ3n) is 2.89. The molecule has 0 spiro atoms. The average Bonchev–Trinajstić information content (AvgIpc) is 2.94. The number of hydrogen-bond acceptors (Lipinski definition) is 1. The van der Waals surface area contributed by atoms with Gasteiger partial charge in [-0.3, -0.25) is 0 Å². The first-order chi connectivity index (χ1) is 7.90. The molecule has 0 radical (unpaired) electrons. The SMILES string of the molecule is CCc1cc2ccccn2c1-c1cccs1. The molecule has 80 valence electrons. The third-order valence-corrected chi connectivity index (χ3v) is 3.77. The summed E-state index contributed by atoms with van der Waals surface area (Å²) in [4.78, 5) is 1.35. The molecule has 0 aliphatic heterocycles. The van der Waals surface area contributed by atoms with Gasteiger partial charge in [0.05, 0.1) is 10.6 Å². The van der Waals surface area contributed by atoms with Gasteiger partial charge in [0.1, 0.15) is 0 Å². The second kappa shape index (κ2) is 3.80. The predicted molar refractivity (Wildman–Crippen MR) is 70.1 cm³/mol. The Kier molecular flexibility index (Phi) is 2.29. The van der Waals surface area contributed by atoms with Crippen molar-refractivity contribution in [2.45, 2.75) is 13.3 Å². The van der Waals surface area contributed by atoms with Gasteiger partial charge < -0.3 is 4.40 Å². The van der Waals surface area contributed by atoms with E-state index in [9.17, 15) is 0 Å². The zero-order chi connectivity index (χ0) is 11.0. The van der Waals surface area contributed by atoms with Crippen molar-refractivity contribution in [3.8, 4) is 10.6 Å². The molecule has 0 fully saturated rings. The van der Waals surface area contributed by atoms with Gasteiger partial charge in [-0.15, -0.1) is 11.3 Å². The number of thiophene rings is 1. The Morgan fingerprint density at radius 2 is 2.12 bits per heavy atom. The van der Waals surface area contributed by atoms with Crippen molar-refractivity contribution in [2.75, 3.05) is 0 Å². The molecular formula is C14H13NS. The number of aryl methyl sites for hydroxylation is 1. The Hall–Kier alpha value is -1.54. The van der Waals surface area contributed by atoms with Gasteiger partial charge in [-0.25, -0.2) is 0 Å². The third kappa shape index (κ3) is 1.38. The highest BCUT2D eigenvalue weighted by Crippen LogP contribution is 2.31. The number of rotatable bonds is 2. The van der Waals surface area contributed by atoms with Crippen LogP contribution in [0, 0.1) is 0 Å². The van der Waals surface area contributed by atoms with Crippen molar-refractivity contribution in [2.24, 2.45) is 0 Å². The van der Waals surface area contributed by atoms with E-state index in [0.29, 0.717) is 0 Å². The zero-order valence-corrected chi connectivity index (χ0v) is 10.00. The molecule has 3 aromatic heterocycles. The van der Waals surface area contributed by atoms with Crippen molar-refractivity contribution >= 4 is 16.9 Å². The fourth-order valence-electron chi connectivity index (χ4n) is 2.14. The molecule has 0 amide bonds. The van der Waals surface area contributed by atoms with Crippen LogP contribution < -0.4 is 0 Å². The van der Waals surface area contributed by atoms with Crippen LogP contribution in [0.25, 0.3) is 16.1 Å². The first-order valence-corrected chi connectivity index (χ1v) is 6.41. The van der Waals surface area contributed by atoms with Gasteiger partial charge in [-0.2, -0.15) is 0 Å². The van der Waals surface area contributed by atoms with Gasteiger partial charge in [0.2, 0.25) is 0 Å². The van der Waals surface area contributed by atoms with Gasteiger partial charge in [-0.05, 0) is 41.6 Å². The van der Waals surface area contributed by atoms with E-state index in [1.54, 1.807) is 11.3 Å². The van der Waals surface area contributed by atoms with Crippen LogP contribution in [0.5, 0.6) is 0 Å². The van der Waals surface area contributed by atoms with E-state index in [-0.39, 0.29) is 0 Å². The molecule has 0 bridgehead atoms. The highest BCUT2D eigenvalue weighted by molar-refractivity contribution is 7.13. The Morgan fingerprint density at radius 1 is 1.19 bits per heavy atom. The summed E-state index contributed by atoms with van der Waals surface area (Å²) >= 11 is 1.80. The Bertz CT molecular complexity index is 605. The van der Waals surface area contributed by atoms with Crippen molar-refractivity contribution in [1.82, 2.24) is 4.40 Å². The molecule has 0 aliphatic rings. The number of aromatic nitrogens is 1. The fraction of sp³-hybridized carbons (Fsp3) is 0.143. The normalized spacial score (nSPS) is 11.1. The van der Waals surface area contributed by atoms with Crippen LogP contribution in [0.3, 0.4) is 0 Å². The number of hydrogen-bond donors (Lipinski definition) is 0. The van der Waals surface area contributed by atoms with Gasteiger partial charge in [0.25, 0.3) is 0 Å². The summed E-state index contributed by atoms with van der Waals surface area (Å²) in [5.74, 6) is 0. The van der Waals surface area contributed by atoms with Crippen molar-refractivity contribution in [3.05, 3.63) is 53.5 Å². The lowest BCUT2D eigenvalue weighted by molar-refractivity contribution is 1.12. The topological polar surface area (TPSA) is 4.41 Å². The van der Waals surface area contributed by atoms with Gasteiger partial charge in [0, 0.05) is 11.7 Å². The Balaban J connectivity index is 2.36. The van der Waals surface area contributed by atoms with Crippen LogP contribution >= 0.6 is 11.3 Å². The Labute approximate surface area is 99.0 Å². The summed E-state index contributed by atoms with van der Waals surface area (Å²) in [5, 5.41) is 2.14. The molecular weight excluding hydrogens is 214 g/mol. The van der Waals surface area contributed by atoms with Crippen LogP contribution in [0.1, 0.15) is 12.5 Å². The van der Waals surface area contributed by atoms with E-state index < -0.39 is 0 Å². The standard InChI is InChI=1S/C14H13NS/c1-2-11-10-12-6-3-4-8-15(12)14(11)13-7-5-9-16-13/h3-10H,2H2,1H3. The molecule has 2 heteroatoms. The molecule has 0 unspecified atom stereocenters. The van der Waals surface area contributed by atoms with Crippen LogP contribution in [0.4, 0.5) is 0 Å². The largest absolute Gasteiger partial charge is 0.315 e. The van der Waals surface area contributed by atoms with Crippen molar-refractivity contribution in [3.63, 3.8) is 0 Å². The van der Waals surface area contributed by atoms with E-state index in [1.807, 2.05) is 0 Å².